The summed E-state index contributed by atoms with van der Waals surface area (Å²) < 4.78 is 15.5. The van der Waals surface area contributed by atoms with E-state index in [1.807, 2.05) is 0 Å². The number of hydrogen-bond donors (Lipinski definition) is 0. The van der Waals surface area contributed by atoms with Crippen molar-refractivity contribution in [1.82, 2.24) is 0 Å². The van der Waals surface area contributed by atoms with Crippen LogP contribution in [0.15, 0.2) is 54.7 Å². The van der Waals surface area contributed by atoms with Gasteiger partial charge in [-0.25, -0.2) is 14.4 Å². The minimum Gasteiger partial charge on any atom is -0.389 e. The topological polar surface area (TPSA) is 130 Å². The third kappa shape index (κ3) is 38.5. The molecule has 1 aromatic rings. The van der Waals surface area contributed by atoms with Gasteiger partial charge in [0, 0.05) is 19.3 Å². The third-order valence-electron chi connectivity index (χ3n) is 13.3. The molecule has 0 atom stereocenters. The van der Waals surface area contributed by atoms with Crippen molar-refractivity contribution < 1.29 is 43.0 Å². The molecular weight excluding hydrogens is 901 g/mol. The van der Waals surface area contributed by atoms with Gasteiger partial charge in [-0.15, -0.1) is 0 Å². The minimum atomic E-state index is -1.25. The lowest BCUT2D eigenvalue weighted by Gasteiger charge is -2.12. The van der Waals surface area contributed by atoms with Crippen LogP contribution in [0.4, 0.5) is 0 Å². The van der Waals surface area contributed by atoms with Crippen molar-refractivity contribution in [3.8, 4) is 0 Å². The highest BCUT2D eigenvalue weighted by molar-refractivity contribution is 6.14. The Morgan fingerprint density at radius 3 is 0.792 bits per heavy atom. The monoisotopic (exact) mass is 1000 g/mol. The van der Waals surface area contributed by atoms with Gasteiger partial charge >= 0.3 is 35.8 Å². The summed E-state index contributed by atoms with van der Waals surface area (Å²) in [5, 5.41) is 0. The largest absolute Gasteiger partial charge is 0.389 e. The molecule has 0 fully saturated rings. The molecule has 0 aliphatic heterocycles. The van der Waals surface area contributed by atoms with Gasteiger partial charge < -0.3 is 14.2 Å². The van der Waals surface area contributed by atoms with Crippen molar-refractivity contribution in [3.05, 3.63) is 71.3 Å². The SMILES string of the molecule is CCCCCCCC/C=C\CCCCCCCC(=O)OC(=O)c1cccc(C(=O)OC(=O)CCCCCCC/C=C\CCCCCCCC)c1C(=O)OC(=O)CCCCCCC/C=C\CCCCCCCC. The Morgan fingerprint density at radius 2 is 0.528 bits per heavy atom. The predicted molar refractivity (Wildman–Crippen MR) is 296 cm³/mol. The molecule has 0 amide bonds. The molecule has 72 heavy (non-hydrogen) atoms. The average Bonchev–Trinajstić information content (AvgIpc) is 3.37. The third-order valence-corrected chi connectivity index (χ3v) is 13.3. The first kappa shape index (κ1) is 65.9. The van der Waals surface area contributed by atoms with Gasteiger partial charge in [-0.3, -0.25) is 14.4 Å². The Hall–Kier alpha value is -4.14. The number of benzene rings is 1. The summed E-state index contributed by atoms with van der Waals surface area (Å²) in [6.45, 7) is 6.71. The maximum atomic E-state index is 13.7. The molecule has 0 aromatic heterocycles. The summed E-state index contributed by atoms with van der Waals surface area (Å²) in [5.74, 6) is -5.89. The number of allylic oxidation sites excluding steroid dienone is 6. The Balaban J connectivity index is 2.69. The zero-order valence-electron chi connectivity index (χ0n) is 46.1. The molecule has 9 heteroatoms. The summed E-state index contributed by atoms with van der Waals surface area (Å²) in [7, 11) is 0. The lowest BCUT2D eigenvalue weighted by Crippen LogP contribution is -2.23. The van der Waals surface area contributed by atoms with Gasteiger partial charge in [0.15, 0.2) is 0 Å². The van der Waals surface area contributed by atoms with Crippen molar-refractivity contribution >= 4 is 35.8 Å². The molecule has 0 unspecified atom stereocenters. The lowest BCUT2D eigenvalue weighted by molar-refractivity contribution is -0.139. The van der Waals surface area contributed by atoms with E-state index in [2.05, 4.69) is 57.2 Å². The fourth-order valence-corrected chi connectivity index (χ4v) is 8.76. The molecule has 0 radical (unpaired) electrons. The van der Waals surface area contributed by atoms with Gasteiger partial charge in [0.2, 0.25) is 0 Å². The van der Waals surface area contributed by atoms with Gasteiger partial charge in [-0.1, -0.05) is 217 Å². The summed E-state index contributed by atoms with van der Waals surface area (Å²) in [4.78, 5) is 79.1. The van der Waals surface area contributed by atoms with E-state index in [1.165, 1.54) is 134 Å². The van der Waals surface area contributed by atoms with E-state index < -0.39 is 52.5 Å². The molecule has 0 aliphatic carbocycles. The highest BCUT2D eigenvalue weighted by Crippen LogP contribution is 2.22. The summed E-state index contributed by atoms with van der Waals surface area (Å²) in [6.07, 6.45) is 56.7. The van der Waals surface area contributed by atoms with Crippen molar-refractivity contribution in [3.63, 3.8) is 0 Å². The number of carbonyl (C=O) groups is 6. The maximum absolute atomic E-state index is 13.7. The maximum Gasteiger partial charge on any atom is 0.347 e. The quantitative estimate of drug-likeness (QED) is 0.0206. The van der Waals surface area contributed by atoms with E-state index >= 15 is 0 Å². The Kier molecular flexibility index (Phi) is 44.9. The molecular formula is C63H102O9. The van der Waals surface area contributed by atoms with Gasteiger partial charge in [0.1, 0.15) is 0 Å². The smallest absolute Gasteiger partial charge is 0.347 e. The standard InChI is InChI=1S/C63H102O9/c1-4-7-10-13-16-19-22-25-28-31-34-37-40-43-46-52-57(64)70-61(67)55-50-49-51-56(62(68)71-58(65)53-47-44-41-38-35-32-29-26-23-20-17-14-11-8-5-2)60(55)63(69)72-59(66)54-48-45-42-39-36-33-30-27-24-21-18-15-12-9-6-3/h25-30,49-51H,4-24,31-48,52-54H2,1-3H3/b28-25-,29-26-,30-27-. The van der Waals surface area contributed by atoms with E-state index in [0.717, 1.165) is 116 Å². The molecule has 408 valence electrons. The molecule has 9 nitrogen and oxygen atoms in total. The van der Waals surface area contributed by atoms with E-state index in [-0.39, 0.29) is 19.3 Å². The highest BCUT2D eigenvalue weighted by atomic mass is 16.6. The first-order valence-electron chi connectivity index (χ1n) is 29.6. The second-order valence-electron chi connectivity index (χ2n) is 20.0. The molecule has 0 saturated heterocycles. The molecule has 0 saturated carbocycles. The molecule has 0 aliphatic rings. The molecule has 0 heterocycles. The van der Waals surface area contributed by atoms with Crippen LogP contribution in [0.5, 0.6) is 0 Å². The van der Waals surface area contributed by atoms with Crippen LogP contribution < -0.4 is 0 Å². The number of carbonyl (C=O) groups excluding carboxylic acids is 6. The zero-order valence-corrected chi connectivity index (χ0v) is 46.1. The molecule has 1 rings (SSSR count). The second-order valence-corrected chi connectivity index (χ2v) is 20.0. The predicted octanol–water partition coefficient (Wildman–Crippen LogP) is 18.8. The Morgan fingerprint density at radius 1 is 0.306 bits per heavy atom. The van der Waals surface area contributed by atoms with Crippen LogP contribution in [0.1, 0.15) is 322 Å². The fraction of sp³-hybridized carbons (Fsp3) is 0.714. The number of rotatable bonds is 48. The van der Waals surface area contributed by atoms with Crippen LogP contribution in [0.3, 0.4) is 0 Å². The highest BCUT2D eigenvalue weighted by Gasteiger charge is 2.30. The summed E-state index contributed by atoms with van der Waals surface area (Å²) in [6, 6.07) is 3.79. The van der Waals surface area contributed by atoms with Gasteiger partial charge in [0.25, 0.3) is 0 Å². The van der Waals surface area contributed by atoms with Crippen LogP contribution in [-0.4, -0.2) is 35.8 Å². The average molecular weight is 1000 g/mol. The van der Waals surface area contributed by atoms with Crippen LogP contribution in [0.2, 0.25) is 0 Å². The van der Waals surface area contributed by atoms with Gasteiger partial charge in [0.05, 0.1) is 16.7 Å². The Labute approximate surface area is 438 Å². The lowest BCUT2D eigenvalue weighted by atomic mass is 10.0. The van der Waals surface area contributed by atoms with Crippen LogP contribution >= 0.6 is 0 Å². The van der Waals surface area contributed by atoms with Gasteiger partial charge in [-0.05, 0) is 108 Å². The fourth-order valence-electron chi connectivity index (χ4n) is 8.76. The first-order valence-corrected chi connectivity index (χ1v) is 29.6. The normalized spacial score (nSPS) is 11.5. The van der Waals surface area contributed by atoms with E-state index in [4.69, 9.17) is 14.2 Å². The number of esters is 6. The van der Waals surface area contributed by atoms with Crippen molar-refractivity contribution in [2.45, 2.75) is 290 Å². The van der Waals surface area contributed by atoms with Crippen molar-refractivity contribution in [2.24, 2.45) is 0 Å². The minimum absolute atomic E-state index is 0.00467. The van der Waals surface area contributed by atoms with Crippen molar-refractivity contribution in [2.75, 3.05) is 0 Å². The summed E-state index contributed by atoms with van der Waals surface area (Å²) in [5.41, 5.74) is -1.43. The van der Waals surface area contributed by atoms with E-state index in [1.54, 1.807) is 0 Å². The van der Waals surface area contributed by atoms with E-state index in [9.17, 15) is 28.8 Å². The number of unbranched alkanes of at least 4 members (excludes halogenated alkanes) is 33. The summed E-state index contributed by atoms with van der Waals surface area (Å²) >= 11 is 0. The first-order chi connectivity index (χ1) is 35.2. The molecule has 1 aromatic carbocycles. The molecule has 0 N–H and O–H groups in total. The number of hydrogen-bond acceptors (Lipinski definition) is 9. The second kappa shape index (κ2) is 49.1. The van der Waals surface area contributed by atoms with Crippen LogP contribution in [-0.2, 0) is 28.6 Å². The van der Waals surface area contributed by atoms with E-state index in [0.29, 0.717) is 19.3 Å². The molecule has 0 bridgehead atoms. The number of ether oxygens (including phenoxy) is 3. The molecule has 0 spiro atoms. The van der Waals surface area contributed by atoms with Gasteiger partial charge in [-0.2, -0.15) is 0 Å². The zero-order chi connectivity index (χ0) is 52.4. The van der Waals surface area contributed by atoms with Crippen LogP contribution in [0.25, 0.3) is 0 Å². The van der Waals surface area contributed by atoms with Crippen molar-refractivity contribution in [1.29, 1.82) is 0 Å². The van der Waals surface area contributed by atoms with Crippen LogP contribution in [0, 0.1) is 0 Å². The Bertz CT molecular complexity index is 1570.